The largest absolute Gasteiger partial charge is 0.480 e. The van der Waals surface area contributed by atoms with Crippen molar-refractivity contribution in [3.05, 3.63) is 12.2 Å². The molecule has 2 saturated heterocycles. The molecule has 0 aromatic heterocycles. The highest BCUT2D eigenvalue weighted by molar-refractivity contribution is 5.85. The van der Waals surface area contributed by atoms with Gasteiger partial charge < -0.3 is 10.4 Å². The van der Waals surface area contributed by atoms with E-state index >= 15 is 0 Å². The van der Waals surface area contributed by atoms with Crippen LogP contribution in [0.4, 0.5) is 0 Å². The lowest BCUT2D eigenvalue weighted by Gasteiger charge is -2.05. The summed E-state index contributed by atoms with van der Waals surface area (Å²) in [4.78, 5) is 10.5. The van der Waals surface area contributed by atoms with Gasteiger partial charge in [-0.3, -0.25) is 10.1 Å². The van der Waals surface area contributed by atoms with Gasteiger partial charge in [0.2, 0.25) is 0 Å². The van der Waals surface area contributed by atoms with Crippen molar-refractivity contribution in [2.75, 3.05) is 6.54 Å². The molecule has 0 spiro atoms. The summed E-state index contributed by atoms with van der Waals surface area (Å²) in [5, 5.41) is 15.3. The minimum absolute atomic E-state index is 0. The van der Waals surface area contributed by atoms with Crippen LogP contribution < -0.4 is 10.6 Å². The van der Waals surface area contributed by atoms with E-state index in [0.29, 0.717) is 12.0 Å². The molecule has 0 radical (unpaired) electrons. The van der Waals surface area contributed by atoms with Gasteiger partial charge in [-0.2, -0.15) is 0 Å². The van der Waals surface area contributed by atoms with Crippen molar-refractivity contribution in [2.45, 2.75) is 56.7 Å². The van der Waals surface area contributed by atoms with Crippen LogP contribution in [0.25, 0.3) is 0 Å². The van der Waals surface area contributed by atoms with Crippen molar-refractivity contribution < 1.29 is 9.90 Å². The van der Waals surface area contributed by atoms with Gasteiger partial charge >= 0.3 is 5.97 Å². The lowest BCUT2D eigenvalue weighted by molar-refractivity contribution is -0.139. The fourth-order valence-corrected chi connectivity index (χ4v) is 4.02. The zero-order chi connectivity index (χ0) is 13.2. The Labute approximate surface area is 126 Å². The fraction of sp³-hybridized carbons (Fsp3) is 0.800. The third-order valence-corrected chi connectivity index (χ3v) is 5.10. The number of aliphatic carboxylic acids is 1. The number of carboxylic acid groups (broad SMARTS) is 1. The molecule has 4 nitrogen and oxygen atoms in total. The molecule has 3 N–H and O–H groups in total. The number of carboxylic acids is 1. The number of rotatable bonds is 1. The quantitative estimate of drug-likeness (QED) is 0.648. The van der Waals surface area contributed by atoms with Crippen molar-refractivity contribution in [1.29, 1.82) is 0 Å². The molecule has 5 heteroatoms. The third kappa shape index (κ3) is 3.35. The first-order chi connectivity index (χ1) is 9.24. The minimum atomic E-state index is -0.715. The Morgan fingerprint density at radius 1 is 1.20 bits per heavy atom. The summed E-state index contributed by atoms with van der Waals surface area (Å²) < 4.78 is 0. The molecule has 0 aromatic rings. The number of hydrogen-bond acceptors (Lipinski definition) is 3. The molecule has 2 aliphatic carbocycles. The number of hydrogen-bond donors (Lipinski definition) is 3. The van der Waals surface area contributed by atoms with E-state index in [4.69, 9.17) is 5.11 Å². The molecular weight excluding hydrogens is 276 g/mol. The van der Waals surface area contributed by atoms with Gasteiger partial charge in [-0.1, -0.05) is 18.6 Å². The molecule has 5 atom stereocenters. The van der Waals surface area contributed by atoms with E-state index in [0.717, 1.165) is 24.8 Å². The molecule has 5 unspecified atom stereocenters. The Morgan fingerprint density at radius 3 is 2.75 bits per heavy atom. The summed E-state index contributed by atoms with van der Waals surface area (Å²) in [5.74, 6) is 0.888. The minimum Gasteiger partial charge on any atom is -0.480 e. The van der Waals surface area contributed by atoms with Gasteiger partial charge in [-0.25, -0.2) is 0 Å². The first-order valence-electron chi connectivity index (χ1n) is 7.63. The van der Waals surface area contributed by atoms with Crippen molar-refractivity contribution in [2.24, 2.45) is 11.8 Å². The normalized spacial score (nSPS) is 40.5. The van der Waals surface area contributed by atoms with E-state index in [1.807, 2.05) is 0 Å². The van der Waals surface area contributed by atoms with Crippen LogP contribution in [0.15, 0.2) is 12.2 Å². The predicted molar refractivity (Wildman–Crippen MR) is 81.2 cm³/mol. The first kappa shape index (κ1) is 15.8. The Balaban J connectivity index is 0.000000146. The van der Waals surface area contributed by atoms with Crippen LogP contribution in [0.2, 0.25) is 0 Å². The monoisotopic (exact) mass is 300 g/mol. The Morgan fingerprint density at radius 2 is 2.05 bits per heavy atom. The van der Waals surface area contributed by atoms with Gasteiger partial charge in [0.1, 0.15) is 6.04 Å². The first-order valence-corrected chi connectivity index (χ1v) is 7.63. The van der Waals surface area contributed by atoms with E-state index in [1.54, 1.807) is 0 Å². The zero-order valence-corrected chi connectivity index (χ0v) is 12.6. The predicted octanol–water partition coefficient (Wildman–Crippen LogP) is 1.95. The summed E-state index contributed by atoms with van der Waals surface area (Å²) in [6.07, 6.45) is 11.9. The Bertz CT molecular complexity index is 355. The fourth-order valence-electron chi connectivity index (χ4n) is 4.02. The summed E-state index contributed by atoms with van der Waals surface area (Å²) in [5.41, 5.74) is 0. The second-order valence-corrected chi connectivity index (χ2v) is 6.28. The summed E-state index contributed by atoms with van der Waals surface area (Å²) in [7, 11) is 0. The standard InChI is InChI=1S/C8H11NO2.C7H13N.ClH/c10-8(11)7-4-5-2-1-3-6(5)9-7;1-2-6-4-5-8-7(6)3-1;/h1,3,5-7,9H,2,4H2,(H,10,11);6-8H,1-5H2;1H. The van der Waals surface area contributed by atoms with E-state index < -0.39 is 5.97 Å². The van der Waals surface area contributed by atoms with E-state index in [9.17, 15) is 4.79 Å². The van der Waals surface area contributed by atoms with Crippen LogP contribution in [-0.2, 0) is 4.79 Å². The van der Waals surface area contributed by atoms with Crippen LogP contribution in [0.1, 0.15) is 38.5 Å². The highest BCUT2D eigenvalue weighted by Crippen LogP contribution is 2.31. The lowest BCUT2D eigenvalue weighted by atomic mass is 10.0. The SMILES string of the molecule is C1CC2CCNC2C1.Cl.O=C(O)C1CC2CC=CC2N1. The van der Waals surface area contributed by atoms with Crippen LogP contribution in [0, 0.1) is 11.8 Å². The van der Waals surface area contributed by atoms with Gasteiger partial charge in [0, 0.05) is 12.1 Å². The maximum absolute atomic E-state index is 10.5. The second-order valence-electron chi connectivity index (χ2n) is 6.28. The van der Waals surface area contributed by atoms with Crippen LogP contribution >= 0.6 is 12.4 Å². The molecule has 0 amide bonds. The molecule has 3 fully saturated rings. The van der Waals surface area contributed by atoms with Gasteiger partial charge in [0.05, 0.1) is 0 Å². The molecule has 0 aromatic carbocycles. The van der Waals surface area contributed by atoms with Crippen molar-refractivity contribution in [1.82, 2.24) is 10.6 Å². The topological polar surface area (TPSA) is 61.4 Å². The smallest absolute Gasteiger partial charge is 0.320 e. The van der Waals surface area contributed by atoms with Gasteiger partial charge in [-0.15, -0.1) is 12.4 Å². The maximum atomic E-state index is 10.5. The number of nitrogens with one attached hydrogen (secondary N) is 2. The molecule has 20 heavy (non-hydrogen) atoms. The molecule has 2 heterocycles. The molecule has 1 saturated carbocycles. The molecule has 2 aliphatic heterocycles. The van der Waals surface area contributed by atoms with Crippen molar-refractivity contribution in [3.63, 3.8) is 0 Å². The average molecular weight is 301 g/mol. The number of halogens is 1. The molecule has 4 rings (SSSR count). The molecule has 114 valence electrons. The van der Waals surface area contributed by atoms with Crippen molar-refractivity contribution in [3.8, 4) is 0 Å². The van der Waals surface area contributed by atoms with Gasteiger partial charge in [-0.05, 0) is 50.5 Å². The summed E-state index contributed by atoms with van der Waals surface area (Å²) in [6.45, 7) is 1.29. The Kier molecular flexibility index (Phi) is 5.47. The number of fused-ring (bicyclic) bond motifs is 2. The number of carbonyl (C=O) groups is 1. The van der Waals surface area contributed by atoms with E-state index in [1.165, 1.54) is 32.2 Å². The van der Waals surface area contributed by atoms with E-state index in [-0.39, 0.29) is 18.4 Å². The molecular formula is C15H25ClN2O2. The average Bonchev–Trinajstić information content (AvgIpc) is 3.09. The van der Waals surface area contributed by atoms with Crippen molar-refractivity contribution >= 4 is 18.4 Å². The summed E-state index contributed by atoms with van der Waals surface area (Å²) in [6, 6.07) is 0.945. The summed E-state index contributed by atoms with van der Waals surface area (Å²) >= 11 is 0. The highest BCUT2D eigenvalue weighted by Gasteiger charge is 2.37. The second kappa shape index (κ2) is 6.92. The molecule has 4 aliphatic rings. The Hall–Kier alpha value is -0.580. The highest BCUT2D eigenvalue weighted by atomic mass is 35.5. The van der Waals surface area contributed by atoms with Crippen LogP contribution in [-0.4, -0.2) is 35.7 Å². The third-order valence-electron chi connectivity index (χ3n) is 5.10. The van der Waals surface area contributed by atoms with Gasteiger partial charge in [0.25, 0.3) is 0 Å². The zero-order valence-electron chi connectivity index (χ0n) is 11.8. The van der Waals surface area contributed by atoms with Gasteiger partial charge in [0.15, 0.2) is 0 Å². The van der Waals surface area contributed by atoms with Crippen LogP contribution in [0.3, 0.4) is 0 Å². The maximum Gasteiger partial charge on any atom is 0.320 e. The lowest BCUT2D eigenvalue weighted by Crippen LogP contribution is -2.34. The number of allylic oxidation sites excluding steroid dienone is 1. The van der Waals surface area contributed by atoms with Crippen LogP contribution in [0.5, 0.6) is 0 Å². The van der Waals surface area contributed by atoms with E-state index in [2.05, 4.69) is 22.8 Å². The molecule has 0 bridgehead atoms.